The van der Waals surface area contributed by atoms with E-state index >= 15 is 0 Å². The van der Waals surface area contributed by atoms with Crippen LogP contribution in [0, 0.1) is 0 Å². The van der Waals surface area contributed by atoms with Crippen LogP contribution in [-0.2, 0) is 9.41 Å². The fourth-order valence-corrected chi connectivity index (χ4v) is 14.7. The number of benzene rings is 4. The van der Waals surface area contributed by atoms with Gasteiger partial charge in [-0.25, -0.2) is 0 Å². The number of hydrogen-bond donors (Lipinski definition) is 0. The molecular weight excluding hydrogens is 449 g/mol. The van der Waals surface area contributed by atoms with Gasteiger partial charge in [-0.3, -0.25) is 0 Å². The third kappa shape index (κ3) is 3.89. The van der Waals surface area contributed by atoms with E-state index in [9.17, 15) is 0 Å². The Morgan fingerprint density at radius 1 is 0.567 bits per heavy atom. The fraction of sp³-hybridized carbons (Fsp3) is 0.0741. The first-order chi connectivity index (χ1) is 14.8. The van der Waals surface area contributed by atoms with Gasteiger partial charge in [0.25, 0.3) is 0 Å². The molecule has 150 valence electrons. The Morgan fingerprint density at radius 2 is 0.900 bits per heavy atom. The van der Waals surface area contributed by atoms with E-state index in [-0.39, 0.29) is 0 Å². The van der Waals surface area contributed by atoms with Crippen LogP contribution in [0.1, 0.15) is 6.92 Å². The van der Waals surface area contributed by atoms with Crippen LogP contribution in [0.2, 0.25) is 0 Å². The van der Waals surface area contributed by atoms with Gasteiger partial charge in [0.2, 0.25) is 0 Å². The Hall–Kier alpha value is -2.58. The molecule has 30 heavy (non-hydrogen) atoms. The standard InChI is InChI=1S/C27H26NSSe/c1-23(30(26-19-11-5-12-20-26)27-21-13-6-14-22-27)29(28-2,24-15-7-3-8-16-24)25-17-9-4-10-18-25/h3-22H,1-2H3/q+1. The molecule has 1 nitrogen and oxygen atoms in total. The van der Waals surface area contributed by atoms with Gasteiger partial charge < -0.3 is 0 Å². The minimum absolute atomic E-state index is 1.30. The molecule has 0 radical (unpaired) electrons. The van der Waals surface area contributed by atoms with Crippen molar-refractivity contribution in [2.24, 2.45) is 4.36 Å². The van der Waals surface area contributed by atoms with E-state index in [1.807, 2.05) is 7.05 Å². The van der Waals surface area contributed by atoms with E-state index < -0.39 is 23.3 Å². The monoisotopic (exact) mass is 476 g/mol. The summed E-state index contributed by atoms with van der Waals surface area (Å²) in [4.78, 5) is 2.61. The van der Waals surface area contributed by atoms with Crippen molar-refractivity contribution in [3.05, 3.63) is 121 Å². The number of nitrogens with zero attached hydrogens (tertiary/aromatic N) is 1. The Labute approximate surface area is 185 Å². The molecule has 0 amide bonds. The Bertz CT molecular complexity index is 1130. The van der Waals surface area contributed by atoms with Crippen LogP contribution in [0.15, 0.2) is 135 Å². The summed E-state index contributed by atoms with van der Waals surface area (Å²) in [5.41, 5.74) is 0. The summed E-state index contributed by atoms with van der Waals surface area (Å²) >= 11 is -1.48. The fourth-order valence-electron chi connectivity index (χ4n) is 3.74. The summed E-state index contributed by atoms with van der Waals surface area (Å²) in [6.07, 6.45) is 0. The molecule has 0 aliphatic rings. The van der Waals surface area contributed by atoms with Crippen LogP contribution in [-0.4, -0.2) is 24.7 Å². The van der Waals surface area contributed by atoms with Gasteiger partial charge in [0, 0.05) is 0 Å². The second-order valence-corrected chi connectivity index (χ2v) is 15.0. The second kappa shape index (κ2) is 9.49. The molecule has 0 saturated carbocycles. The summed E-state index contributed by atoms with van der Waals surface area (Å²) in [5.74, 6) is 0. The van der Waals surface area contributed by atoms with Crippen LogP contribution in [0.25, 0.3) is 0 Å². The topological polar surface area (TPSA) is 12.4 Å². The zero-order valence-electron chi connectivity index (χ0n) is 17.3. The zero-order valence-corrected chi connectivity index (χ0v) is 19.8. The minimum atomic E-state index is -1.67. The molecule has 0 spiro atoms. The molecule has 0 unspecified atom stereocenters. The molecule has 0 saturated heterocycles. The van der Waals surface area contributed by atoms with E-state index in [0.29, 0.717) is 0 Å². The van der Waals surface area contributed by atoms with Crippen molar-refractivity contribution in [2.45, 2.75) is 16.7 Å². The molecule has 0 atom stereocenters. The molecule has 3 heteroatoms. The Kier molecular flexibility index (Phi) is 6.54. The summed E-state index contributed by atoms with van der Waals surface area (Å²) in [7, 11) is 0.329. The summed E-state index contributed by atoms with van der Waals surface area (Å²) < 4.78 is 9.56. The van der Waals surface area contributed by atoms with Crippen molar-refractivity contribution in [3.8, 4) is 0 Å². The zero-order chi connectivity index (χ0) is 20.8. The van der Waals surface area contributed by atoms with Crippen molar-refractivity contribution in [1.82, 2.24) is 0 Å². The Balaban J connectivity index is 2.13. The molecule has 0 N–H and O–H groups in total. The molecular formula is C27H26NSSe+. The van der Waals surface area contributed by atoms with Crippen molar-refractivity contribution in [1.29, 1.82) is 0 Å². The van der Waals surface area contributed by atoms with E-state index in [1.165, 1.54) is 22.5 Å². The van der Waals surface area contributed by atoms with Crippen molar-refractivity contribution in [3.63, 3.8) is 0 Å². The first-order valence-electron chi connectivity index (χ1n) is 10.00. The summed E-state index contributed by atoms with van der Waals surface area (Å²) in [6, 6.07) is 43.7. The predicted octanol–water partition coefficient (Wildman–Crippen LogP) is 5.11. The van der Waals surface area contributed by atoms with Crippen molar-refractivity contribution >= 4 is 36.0 Å². The molecule has 0 aliphatic heterocycles. The van der Waals surface area contributed by atoms with Crippen LogP contribution in [0.3, 0.4) is 0 Å². The van der Waals surface area contributed by atoms with Crippen LogP contribution in [0.5, 0.6) is 0 Å². The summed E-state index contributed by atoms with van der Waals surface area (Å²) in [5, 5.41) is 0. The van der Waals surface area contributed by atoms with Gasteiger partial charge >= 0.3 is 185 Å². The van der Waals surface area contributed by atoms with Gasteiger partial charge in [-0.2, -0.15) is 0 Å². The molecule has 0 bridgehead atoms. The molecule has 0 heterocycles. The van der Waals surface area contributed by atoms with E-state index in [0.717, 1.165) is 0 Å². The molecule has 4 rings (SSSR count). The van der Waals surface area contributed by atoms with E-state index in [1.54, 1.807) is 0 Å². The van der Waals surface area contributed by atoms with Crippen molar-refractivity contribution in [2.75, 3.05) is 7.05 Å². The van der Waals surface area contributed by atoms with E-state index in [4.69, 9.17) is 4.36 Å². The normalized spacial score (nSPS) is 11.3. The third-order valence-corrected chi connectivity index (χ3v) is 15.1. The molecule has 4 aromatic carbocycles. The van der Waals surface area contributed by atoms with Gasteiger partial charge in [-0.05, 0) is 0 Å². The molecule has 0 aliphatic carbocycles. The maximum absolute atomic E-state index is 5.21. The molecule has 0 fully saturated rings. The van der Waals surface area contributed by atoms with Crippen LogP contribution in [0.4, 0.5) is 0 Å². The van der Waals surface area contributed by atoms with Gasteiger partial charge in [0.1, 0.15) is 0 Å². The number of rotatable bonds is 5. The quantitative estimate of drug-likeness (QED) is 0.281. The maximum atomic E-state index is 5.21. The van der Waals surface area contributed by atoms with Gasteiger partial charge in [0.15, 0.2) is 0 Å². The van der Waals surface area contributed by atoms with Gasteiger partial charge in [-0.15, -0.1) is 0 Å². The first-order valence-corrected chi connectivity index (χ1v) is 14.2. The van der Waals surface area contributed by atoms with Gasteiger partial charge in [0.05, 0.1) is 0 Å². The SMILES string of the molecule is CN=S(=C(C)[Se+](c1ccccc1)c1ccccc1)(c1ccccc1)c1ccccc1. The number of hydrogen-bond acceptors (Lipinski definition) is 1. The average molecular weight is 476 g/mol. The molecule has 4 aromatic rings. The Morgan fingerprint density at radius 3 is 1.23 bits per heavy atom. The second-order valence-electron chi connectivity index (χ2n) is 6.81. The van der Waals surface area contributed by atoms with Crippen LogP contribution < -0.4 is 8.92 Å². The predicted molar refractivity (Wildman–Crippen MR) is 134 cm³/mol. The van der Waals surface area contributed by atoms with E-state index in [2.05, 4.69) is 128 Å². The van der Waals surface area contributed by atoms with Crippen molar-refractivity contribution < 1.29 is 0 Å². The van der Waals surface area contributed by atoms with Crippen LogP contribution >= 0.6 is 0 Å². The average Bonchev–Trinajstić information content (AvgIpc) is 2.83. The molecule has 0 aromatic heterocycles. The first kappa shape index (κ1) is 20.7. The summed E-state index contributed by atoms with van der Waals surface area (Å²) in [6.45, 7) is 2.35. The third-order valence-electron chi connectivity index (χ3n) is 5.10. The van der Waals surface area contributed by atoms with Gasteiger partial charge in [-0.1, -0.05) is 0 Å².